The Kier molecular flexibility index (Phi) is 5.23. The molecule has 0 atom stereocenters. The van der Waals surface area contributed by atoms with E-state index in [9.17, 15) is 4.79 Å². The summed E-state index contributed by atoms with van der Waals surface area (Å²) in [6, 6.07) is 10.9. The van der Waals surface area contributed by atoms with Gasteiger partial charge in [0.05, 0.1) is 19.2 Å². The minimum absolute atomic E-state index is 0.0640. The first-order chi connectivity index (χ1) is 10.5. The summed E-state index contributed by atoms with van der Waals surface area (Å²) in [6.07, 6.45) is 3.22. The molecule has 2 aromatic rings. The van der Waals surface area contributed by atoms with E-state index >= 15 is 0 Å². The van der Waals surface area contributed by atoms with E-state index < -0.39 is 0 Å². The van der Waals surface area contributed by atoms with Gasteiger partial charge in [-0.1, -0.05) is 47.5 Å². The van der Waals surface area contributed by atoms with Gasteiger partial charge < -0.3 is 9.47 Å². The average molecular weight is 317 g/mol. The van der Waals surface area contributed by atoms with Gasteiger partial charge in [0.2, 0.25) is 0 Å². The lowest BCUT2D eigenvalue weighted by atomic mass is 10.1. The Labute approximate surface area is 135 Å². The molecule has 0 unspecified atom stereocenters. The SMILES string of the molecule is COc1cc(/C=C/C(=O)c2ccc(C)cc2)cc(Cl)c1OC. The number of hydrogen-bond donors (Lipinski definition) is 0. The summed E-state index contributed by atoms with van der Waals surface area (Å²) in [5, 5.41) is 0.435. The monoisotopic (exact) mass is 316 g/mol. The Bertz CT molecular complexity index is 703. The van der Waals surface area contributed by atoms with E-state index in [1.165, 1.54) is 13.2 Å². The molecular weight excluding hydrogens is 300 g/mol. The van der Waals surface area contributed by atoms with Gasteiger partial charge in [0, 0.05) is 5.56 Å². The Morgan fingerprint density at radius 1 is 1.09 bits per heavy atom. The molecule has 0 saturated carbocycles. The van der Waals surface area contributed by atoms with Crippen LogP contribution in [0.2, 0.25) is 5.02 Å². The van der Waals surface area contributed by atoms with Gasteiger partial charge in [0.1, 0.15) is 0 Å². The van der Waals surface area contributed by atoms with Gasteiger partial charge in [-0.2, -0.15) is 0 Å². The van der Waals surface area contributed by atoms with Crippen LogP contribution in [0.1, 0.15) is 21.5 Å². The number of benzene rings is 2. The van der Waals surface area contributed by atoms with Crippen LogP contribution in [0.4, 0.5) is 0 Å². The number of ether oxygens (including phenoxy) is 2. The van der Waals surface area contributed by atoms with Crippen LogP contribution in [0, 0.1) is 6.92 Å². The van der Waals surface area contributed by atoms with Crippen LogP contribution in [-0.2, 0) is 0 Å². The quantitative estimate of drug-likeness (QED) is 0.599. The number of carbonyl (C=O) groups excluding carboxylic acids is 1. The van der Waals surface area contributed by atoms with Gasteiger partial charge in [-0.3, -0.25) is 4.79 Å². The zero-order valence-corrected chi connectivity index (χ0v) is 13.5. The number of carbonyl (C=O) groups is 1. The molecule has 0 aliphatic rings. The molecule has 0 amide bonds. The first-order valence-corrected chi connectivity index (χ1v) is 7.13. The summed E-state index contributed by atoms with van der Waals surface area (Å²) in [5.74, 6) is 0.939. The number of aryl methyl sites for hydroxylation is 1. The zero-order chi connectivity index (χ0) is 16.1. The molecule has 0 aliphatic carbocycles. The highest BCUT2D eigenvalue weighted by molar-refractivity contribution is 6.32. The molecule has 0 saturated heterocycles. The molecule has 3 nitrogen and oxygen atoms in total. The van der Waals surface area contributed by atoms with Gasteiger partial charge in [0.25, 0.3) is 0 Å². The number of allylic oxidation sites excluding steroid dienone is 1. The second-order valence-corrected chi connectivity index (χ2v) is 5.21. The van der Waals surface area contributed by atoms with Crippen LogP contribution in [0.5, 0.6) is 11.5 Å². The zero-order valence-electron chi connectivity index (χ0n) is 12.7. The second kappa shape index (κ2) is 7.14. The topological polar surface area (TPSA) is 35.5 Å². The maximum atomic E-state index is 12.1. The van der Waals surface area contributed by atoms with E-state index in [0.29, 0.717) is 22.1 Å². The van der Waals surface area contributed by atoms with Crippen molar-refractivity contribution in [2.24, 2.45) is 0 Å². The molecular formula is C18H17ClO3. The standard InChI is InChI=1S/C18H17ClO3/c1-12-4-7-14(8-5-12)16(20)9-6-13-10-15(19)18(22-3)17(11-13)21-2/h4-11H,1-3H3/b9-6+. The number of rotatable bonds is 5. The molecule has 0 N–H and O–H groups in total. The van der Waals surface area contributed by atoms with Gasteiger partial charge in [-0.05, 0) is 30.7 Å². The van der Waals surface area contributed by atoms with Crippen molar-refractivity contribution in [1.82, 2.24) is 0 Å². The van der Waals surface area contributed by atoms with E-state index in [-0.39, 0.29) is 5.78 Å². The van der Waals surface area contributed by atoms with Gasteiger partial charge in [0.15, 0.2) is 17.3 Å². The Morgan fingerprint density at radius 3 is 2.36 bits per heavy atom. The van der Waals surface area contributed by atoms with E-state index in [1.807, 2.05) is 31.2 Å². The molecule has 2 aromatic carbocycles. The fourth-order valence-corrected chi connectivity index (χ4v) is 2.32. The predicted molar refractivity (Wildman–Crippen MR) is 89.1 cm³/mol. The van der Waals surface area contributed by atoms with Crippen LogP contribution in [0.15, 0.2) is 42.5 Å². The highest BCUT2D eigenvalue weighted by Gasteiger charge is 2.10. The lowest BCUT2D eigenvalue weighted by molar-refractivity contribution is 0.104. The van der Waals surface area contributed by atoms with Crippen molar-refractivity contribution in [3.63, 3.8) is 0 Å². The van der Waals surface area contributed by atoms with Crippen molar-refractivity contribution >= 4 is 23.5 Å². The van der Waals surface area contributed by atoms with Crippen molar-refractivity contribution in [2.45, 2.75) is 6.92 Å². The smallest absolute Gasteiger partial charge is 0.185 e. The summed E-state index contributed by atoms with van der Waals surface area (Å²) in [5.41, 5.74) is 2.53. The second-order valence-electron chi connectivity index (χ2n) is 4.80. The van der Waals surface area contributed by atoms with Crippen molar-refractivity contribution in [3.8, 4) is 11.5 Å². The molecule has 4 heteroatoms. The summed E-state index contributed by atoms with van der Waals surface area (Å²) in [4.78, 5) is 12.1. The number of halogens is 1. The summed E-state index contributed by atoms with van der Waals surface area (Å²) in [6.45, 7) is 1.98. The third kappa shape index (κ3) is 3.68. The molecule has 0 fully saturated rings. The van der Waals surface area contributed by atoms with Crippen molar-refractivity contribution < 1.29 is 14.3 Å². The average Bonchev–Trinajstić information content (AvgIpc) is 2.52. The number of hydrogen-bond acceptors (Lipinski definition) is 3. The fourth-order valence-electron chi connectivity index (χ4n) is 2.02. The highest BCUT2D eigenvalue weighted by atomic mass is 35.5. The first-order valence-electron chi connectivity index (χ1n) is 6.75. The van der Waals surface area contributed by atoms with E-state index in [1.54, 1.807) is 25.3 Å². The maximum Gasteiger partial charge on any atom is 0.185 e. The van der Waals surface area contributed by atoms with Crippen molar-refractivity contribution in [1.29, 1.82) is 0 Å². The lowest BCUT2D eigenvalue weighted by Crippen LogP contribution is -1.94. The van der Waals surface area contributed by atoms with Crippen LogP contribution < -0.4 is 9.47 Å². The van der Waals surface area contributed by atoms with Crippen LogP contribution in [-0.4, -0.2) is 20.0 Å². The van der Waals surface area contributed by atoms with Crippen LogP contribution >= 0.6 is 11.6 Å². The van der Waals surface area contributed by atoms with Crippen molar-refractivity contribution in [2.75, 3.05) is 14.2 Å². The molecule has 0 aliphatic heterocycles. The number of methoxy groups -OCH3 is 2. The summed E-state index contributed by atoms with van der Waals surface area (Å²) < 4.78 is 10.4. The molecule has 2 rings (SSSR count). The number of ketones is 1. The Balaban J connectivity index is 2.24. The highest BCUT2D eigenvalue weighted by Crippen LogP contribution is 2.36. The van der Waals surface area contributed by atoms with Crippen LogP contribution in [0.25, 0.3) is 6.08 Å². The van der Waals surface area contributed by atoms with Gasteiger partial charge >= 0.3 is 0 Å². The molecule has 0 heterocycles. The lowest BCUT2D eigenvalue weighted by Gasteiger charge is -2.10. The third-order valence-corrected chi connectivity index (χ3v) is 3.50. The van der Waals surface area contributed by atoms with E-state index in [4.69, 9.17) is 21.1 Å². The minimum atomic E-state index is -0.0640. The summed E-state index contributed by atoms with van der Waals surface area (Å²) >= 11 is 6.14. The fraction of sp³-hybridized carbons (Fsp3) is 0.167. The molecule has 0 spiro atoms. The van der Waals surface area contributed by atoms with Crippen LogP contribution in [0.3, 0.4) is 0 Å². The molecule has 0 radical (unpaired) electrons. The summed E-state index contributed by atoms with van der Waals surface area (Å²) in [7, 11) is 3.07. The molecule has 0 bridgehead atoms. The third-order valence-electron chi connectivity index (χ3n) is 3.22. The normalized spacial score (nSPS) is 10.7. The van der Waals surface area contributed by atoms with E-state index in [2.05, 4.69) is 0 Å². The largest absolute Gasteiger partial charge is 0.493 e. The Morgan fingerprint density at radius 2 is 1.77 bits per heavy atom. The molecule has 0 aromatic heterocycles. The first kappa shape index (κ1) is 16.1. The predicted octanol–water partition coefficient (Wildman–Crippen LogP) is 4.56. The minimum Gasteiger partial charge on any atom is -0.493 e. The Hall–Kier alpha value is -2.26. The van der Waals surface area contributed by atoms with Gasteiger partial charge in [-0.25, -0.2) is 0 Å². The van der Waals surface area contributed by atoms with E-state index in [0.717, 1.165) is 11.1 Å². The maximum absolute atomic E-state index is 12.1. The molecule has 114 valence electrons. The van der Waals surface area contributed by atoms with Gasteiger partial charge in [-0.15, -0.1) is 0 Å². The van der Waals surface area contributed by atoms with Crippen molar-refractivity contribution in [3.05, 3.63) is 64.2 Å². The molecule has 22 heavy (non-hydrogen) atoms.